The molecule has 0 aliphatic carbocycles. The summed E-state index contributed by atoms with van der Waals surface area (Å²) in [5.74, 6) is -0.0187. The number of nitrogen functional groups attached to an aromatic ring is 1. The molecular formula is C18H19N5O5. The molecule has 3 aromatic rings. The van der Waals surface area contributed by atoms with Gasteiger partial charge in [-0.2, -0.15) is 4.98 Å². The second-order valence-corrected chi connectivity index (χ2v) is 6.88. The SMILES string of the molecule is Nc1nc2c(ncn2[C@@H]2CO[C@@H]3CO[C@@H](c4ccccc4)O[C@H]3[C@H]2O)c(=O)[nH]1. The van der Waals surface area contributed by atoms with Crippen molar-refractivity contribution in [1.82, 2.24) is 19.5 Å². The summed E-state index contributed by atoms with van der Waals surface area (Å²) in [6.07, 6.45) is -1.03. The number of nitrogens with two attached hydrogens (primary N) is 1. The van der Waals surface area contributed by atoms with Crippen LogP contribution < -0.4 is 11.3 Å². The van der Waals surface area contributed by atoms with Crippen LogP contribution in [0.5, 0.6) is 0 Å². The first-order chi connectivity index (χ1) is 13.6. The Morgan fingerprint density at radius 3 is 2.86 bits per heavy atom. The van der Waals surface area contributed by atoms with Crippen molar-refractivity contribution in [2.24, 2.45) is 0 Å². The van der Waals surface area contributed by atoms with Crippen LogP contribution in [0.3, 0.4) is 0 Å². The summed E-state index contributed by atoms with van der Waals surface area (Å²) in [5.41, 5.74) is 6.54. The number of aliphatic hydroxyl groups excluding tert-OH is 1. The third kappa shape index (κ3) is 2.78. The van der Waals surface area contributed by atoms with E-state index in [-0.39, 0.29) is 24.2 Å². The Morgan fingerprint density at radius 1 is 1.21 bits per heavy atom. The van der Waals surface area contributed by atoms with Crippen molar-refractivity contribution < 1.29 is 19.3 Å². The summed E-state index contributed by atoms with van der Waals surface area (Å²) in [7, 11) is 0. The predicted molar refractivity (Wildman–Crippen MR) is 97.4 cm³/mol. The molecule has 0 spiro atoms. The van der Waals surface area contributed by atoms with Gasteiger partial charge in [0.25, 0.3) is 5.56 Å². The highest BCUT2D eigenvalue weighted by molar-refractivity contribution is 5.70. The normalized spacial score (nSPS) is 30.2. The standard InChI is InChI=1S/C18H19N5O5/c19-18-21-15-12(16(25)22-18)20-8-23(15)10-6-26-11-7-27-17(28-14(11)13(10)24)9-4-2-1-3-5-9/h1-5,8,10-11,13-14,17,24H,6-7H2,(H3,19,21,22,25)/t10-,11-,13+,14-,17-/m1/s1. The molecule has 4 N–H and O–H groups in total. The summed E-state index contributed by atoms with van der Waals surface area (Å²) in [6, 6.07) is 8.98. The average Bonchev–Trinajstić information content (AvgIpc) is 3.13. The molecule has 0 unspecified atom stereocenters. The number of ether oxygens (including phenoxy) is 3. The van der Waals surface area contributed by atoms with Crippen LogP contribution in [0.15, 0.2) is 41.5 Å². The number of anilines is 1. The molecule has 28 heavy (non-hydrogen) atoms. The second kappa shape index (κ2) is 6.67. The summed E-state index contributed by atoms with van der Waals surface area (Å²) >= 11 is 0. The van der Waals surface area contributed by atoms with E-state index in [1.165, 1.54) is 6.33 Å². The van der Waals surface area contributed by atoms with E-state index >= 15 is 0 Å². The molecule has 2 aromatic heterocycles. The molecule has 0 bridgehead atoms. The molecule has 146 valence electrons. The number of nitrogens with one attached hydrogen (secondary N) is 1. The molecule has 10 heteroatoms. The number of nitrogens with zero attached hydrogens (tertiary/aromatic N) is 3. The highest BCUT2D eigenvalue weighted by Gasteiger charge is 2.46. The van der Waals surface area contributed by atoms with Crippen molar-refractivity contribution in [3.8, 4) is 0 Å². The van der Waals surface area contributed by atoms with Gasteiger partial charge in [-0.05, 0) is 0 Å². The molecule has 2 fully saturated rings. The Kier molecular flexibility index (Phi) is 4.13. The third-order valence-corrected chi connectivity index (χ3v) is 5.15. The molecule has 0 saturated carbocycles. The third-order valence-electron chi connectivity index (χ3n) is 5.15. The fourth-order valence-corrected chi connectivity index (χ4v) is 3.75. The largest absolute Gasteiger partial charge is 0.388 e. The summed E-state index contributed by atoms with van der Waals surface area (Å²) in [4.78, 5) is 22.7. The van der Waals surface area contributed by atoms with Crippen molar-refractivity contribution >= 4 is 17.1 Å². The Bertz CT molecular complexity index is 1050. The van der Waals surface area contributed by atoms with E-state index < -0.39 is 30.1 Å². The van der Waals surface area contributed by atoms with Crippen LogP contribution in [0.1, 0.15) is 17.9 Å². The number of aromatic nitrogens is 4. The monoisotopic (exact) mass is 385 g/mol. The van der Waals surface area contributed by atoms with Gasteiger partial charge in [-0.1, -0.05) is 30.3 Å². The minimum absolute atomic E-state index is 0.0187. The van der Waals surface area contributed by atoms with Crippen molar-refractivity contribution in [1.29, 1.82) is 0 Å². The number of hydrogen-bond acceptors (Lipinski definition) is 8. The number of benzene rings is 1. The number of aliphatic hydroxyl groups is 1. The molecular weight excluding hydrogens is 366 g/mol. The lowest BCUT2D eigenvalue weighted by molar-refractivity contribution is -0.306. The Labute approximate surface area is 158 Å². The van der Waals surface area contributed by atoms with Gasteiger partial charge in [0.05, 0.1) is 25.6 Å². The molecule has 0 amide bonds. The van der Waals surface area contributed by atoms with Gasteiger partial charge in [0.2, 0.25) is 5.95 Å². The van der Waals surface area contributed by atoms with Crippen LogP contribution in [0.2, 0.25) is 0 Å². The zero-order valence-electron chi connectivity index (χ0n) is 14.8. The van der Waals surface area contributed by atoms with Crippen molar-refractivity contribution in [3.05, 3.63) is 52.6 Å². The van der Waals surface area contributed by atoms with Crippen molar-refractivity contribution in [2.45, 2.75) is 30.6 Å². The fraction of sp³-hybridized carbons (Fsp3) is 0.389. The molecule has 1 aromatic carbocycles. The zero-order chi connectivity index (χ0) is 19.3. The van der Waals surface area contributed by atoms with E-state index in [9.17, 15) is 9.90 Å². The first kappa shape index (κ1) is 17.3. The Morgan fingerprint density at radius 2 is 2.04 bits per heavy atom. The first-order valence-corrected chi connectivity index (χ1v) is 8.96. The lowest BCUT2D eigenvalue weighted by Gasteiger charge is -2.45. The maximum Gasteiger partial charge on any atom is 0.280 e. The van der Waals surface area contributed by atoms with E-state index in [2.05, 4.69) is 15.0 Å². The molecule has 2 aliphatic heterocycles. The van der Waals surface area contributed by atoms with Gasteiger partial charge in [0.15, 0.2) is 17.5 Å². The minimum Gasteiger partial charge on any atom is -0.388 e. The maximum absolute atomic E-state index is 12.0. The van der Waals surface area contributed by atoms with E-state index in [0.717, 1.165) is 5.56 Å². The van der Waals surface area contributed by atoms with Crippen LogP contribution in [-0.2, 0) is 14.2 Å². The van der Waals surface area contributed by atoms with E-state index in [1.807, 2.05) is 30.3 Å². The highest BCUT2D eigenvalue weighted by Crippen LogP contribution is 2.35. The number of imidazole rings is 1. The number of H-pyrrole nitrogens is 1. The van der Waals surface area contributed by atoms with Gasteiger partial charge in [-0.25, -0.2) is 4.98 Å². The topological polar surface area (TPSA) is 138 Å². The van der Waals surface area contributed by atoms with Gasteiger partial charge in [-0.3, -0.25) is 9.78 Å². The molecule has 0 radical (unpaired) electrons. The maximum atomic E-state index is 12.0. The fourth-order valence-electron chi connectivity index (χ4n) is 3.75. The predicted octanol–water partition coefficient (Wildman–Crippen LogP) is 0.117. The minimum atomic E-state index is -0.909. The van der Waals surface area contributed by atoms with Gasteiger partial charge < -0.3 is 29.6 Å². The van der Waals surface area contributed by atoms with E-state index in [1.54, 1.807) is 4.57 Å². The number of hydrogen-bond donors (Lipinski definition) is 3. The number of aromatic amines is 1. The van der Waals surface area contributed by atoms with E-state index in [0.29, 0.717) is 12.3 Å². The highest BCUT2D eigenvalue weighted by atomic mass is 16.7. The van der Waals surface area contributed by atoms with Crippen molar-refractivity contribution in [3.63, 3.8) is 0 Å². The van der Waals surface area contributed by atoms with Gasteiger partial charge in [0, 0.05) is 5.56 Å². The van der Waals surface area contributed by atoms with Gasteiger partial charge in [-0.15, -0.1) is 0 Å². The lowest BCUT2D eigenvalue weighted by Crippen LogP contribution is -2.56. The molecule has 5 rings (SSSR count). The summed E-state index contributed by atoms with van der Waals surface area (Å²) in [5, 5.41) is 11.0. The summed E-state index contributed by atoms with van der Waals surface area (Å²) < 4.78 is 19.3. The lowest BCUT2D eigenvalue weighted by atomic mass is 9.97. The Balaban J connectivity index is 1.45. The van der Waals surface area contributed by atoms with Crippen LogP contribution in [0.4, 0.5) is 5.95 Å². The average molecular weight is 385 g/mol. The number of rotatable bonds is 2. The van der Waals surface area contributed by atoms with Crippen LogP contribution in [0, 0.1) is 0 Å². The van der Waals surface area contributed by atoms with Crippen molar-refractivity contribution in [2.75, 3.05) is 18.9 Å². The molecule has 2 saturated heterocycles. The Hall–Kier alpha value is -2.79. The summed E-state index contributed by atoms with van der Waals surface area (Å²) in [6.45, 7) is 0.508. The van der Waals surface area contributed by atoms with Crippen LogP contribution in [0.25, 0.3) is 11.2 Å². The van der Waals surface area contributed by atoms with Gasteiger partial charge >= 0.3 is 0 Å². The zero-order valence-corrected chi connectivity index (χ0v) is 14.8. The second-order valence-electron chi connectivity index (χ2n) is 6.88. The number of fused-ring (bicyclic) bond motifs is 2. The smallest absolute Gasteiger partial charge is 0.280 e. The molecule has 4 heterocycles. The molecule has 2 aliphatic rings. The molecule has 10 nitrogen and oxygen atoms in total. The van der Waals surface area contributed by atoms with E-state index in [4.69, 9.17) is 19.9 Å². The molecule has 5 atom stereocenters. The van der Waals surface area contributed by atoms with Crippen LogP contribution >= 0.6 is 0 Å². The van der Waals surface area contributed by atoms with Gasteiger partial charge in [0.1, 0.15) is 18.3 Å². The quantitative estimate of drug-likeness (QED) is 0.565. The van der Waals surface area contributed by atoms with Crippen LogP contribution in [-0.4, -0.2) is 56.2 Å². The first-order valence-electron chi connectivity index (χ1n) is 8.96.